The zero-order valence-electron chi connectivity index (χ0n) is 26.0. The SMILES string of the molecule is CC(C)CCCC[C@H]1CCC2C(CC(=O)O)C([C@@]3(C)CC[C@H](O)C/C3=N\Nc3ccc([N+](=O)[O-])cc3[N+](=O)[O-])CC[C@@]21C. The number of aliphatic hydroxyl groups excluding tert-OH is 1. The molecule has 3 N–H and O–H groups in total. The molecular weight excluding hydrogens is 552 g/mol. The summed E-state index contributed by atoms with van der Waals surface area (Å²) < 4.78 is 0. The topological polar surface area (TPSA) is 168 Å². The Bertz CT molecular complexity index is 1240. The highest BCUT2D eigenvalue weighted by molar-refractivity contribution is 5.92. The van der Waals surface area contributed by atoms with E-state index in [-0.39, 0.29) is 41.5 Å². The number of carboxylic acids is 1. The highest BCUT2D eigenvalue weighted by Gasteiger charge is 2.58. The molecule has 0 spiro atoms. The molecule has 1 aromatic carbocycles. The second-order valence-corrected chi connectivity index (χ2v) is 14.2. The van der Waals surface area contributed by atoms with Gasteiger partial charge < -0.3 is 10.2 Å². The number of benzene rings is 1. The first kappa shape index (κ1) is 32.8. The molecule has 3 aliphatic carbocycles. The van der Waals surface area contributed by atoms with Gasteiger partial charge in [-0.15, -0.1) is 0 Å². The van der Waals surface area contributed by atoms with Crippen molar-refractivity contribution in [1.82, 2.24) is 0 Å². The summed E-state index contributed by atoms with van der Waals surface area (Å²) in [5, 5.41) is 48.2. The van der Waals surface area contributed by atoms with Crippen molar-refractivity contribution >= 4 is 28.7 Å². The number of non-ortho nitro benzene ring substituents is 1. The monoisotopic (exact) mass is 600 g/mol. The molecule has 1 aromatic rings. The van der Waals surface area contributed by atoms with Crippen molar-refractivity contribution in [1.29, 1.82) is 0 Å². The van der Waals surface area contributed by atoms with Crippen molar-refractivity contribution in [3.63, 3.8) is 0 Å². The predicted molar refractivity (Wildman–Crippen MR) is 165 cm³/mol. The van der Waals surface area contributed by atoms with Gasteiger partial charge in [-0.05, 0) is 86.0 Å². The van der Waals surface area contributed by atoms with E-state index in [1.165, 1.54) is 37.8 Å². The third kappa shape index (κ3) is 7.02. The number of nitro groups is 2. The molecule has 0 amide bonds. The molecule has 0 aliphatic heterocycles. The molecule has 0 bridgehead atoms. The van der Waals surface area contributed by atoms with Crippen molar-refractivity contribution in [3.05, 3.63) is 38.4 Å². The lowest BCUT2D eigenvalue weighted by molar-refractivity contribution is -0.393. The zero-order valence-corrected chi connectivity index (χ0v) is 26.0. The van der Waals surface area contributed by atoms with Crippen LogP contribution in [-0.2, 0) is 4.79 Å². The normalized spacial score (nSPS) is 33.3. The third-order valence-corrected chi connectivity index (χ3v) is 11.2. The summed E-state index contributed by atoms with van der Waals surface area (Å²) in [6.45, 7) is 9.02. The van der Waals surface area contributed by atoms with Crippen LogP contribution in [-0.4, -0.2) is 37.8 Å². The Labute approximate surface area is 253 Å². The smallest absolute Gasteiger partial charge is 0.303 e. The average Bonchev–Trinajstić information content (AvgIpc) is 3.27. The summed E-state index contributed by atoms with van der Waals surface area (Å²) in [4.78, 5) is 33.8. The molecule has 0 heterocycles. The van der Waals surface area contributed by atoms with Crippen LogP contribution >= 0.6 is 0 Å². The maximum Gasteiger partial charge on any atom is 0.303 e. The molecule has 11 heteroatoms. The minimum Gasteiger partial charge on any atom is -0.481 e. The average molecular weight is 601 g/mol. The first-order valence-electron chi connectivity index (χ1n) is 15.9. The standard InChI is InChI=1S/C32H48N4O7/c1-20(2)7-5-6-8-21-9-11-25-24(19-30(38)39)26(14-16-31(21,25)3)32(4)15-13-23(37)18-29(32)34-33-27-12-10-22(35(40)41)17-28(27)36(42)43/h10,12,17,20-21,23-26,33,37H,5-9,11,13-16,18-19H2,1-4H3,(H,38,39)/b34-29+/t21-,23-,24?,25?,26?,31+,32+/m0/s1. The van der Waals surface area contributed by atoms with Crippen LogP contribution < -0.4 is 5.43 Å². The summed E-state index contributed by atoms with van der Waals surface area (Å²) in [5.74, 6) is 0.815. The second-order valence-electron chi connectivity index (χ2n) is 14.2. The van der Waals surface area contributed by atoms with Crippen molar-refractivity contribution in [2.24, 2.45) is 45.5 Å². The van der Waals surface area contributed by atoms with Gasteiger partial charge in [-0.2, -0.15) is 5.10 Å². The van der Waals surface area contributed by atoms with E-state index < -0.39 is 33.0 Å². The zero-order chi connectivity index (χ0) is 31.5. The molecular formula is C32H48N4O7. The van der Waals surface area contributed by atoms with E-state index in [2.05, 4.69) is 38.2 Å². The van der Waals surface area contributed by atoms with E-state index in [1.54, 1.807) is 0 Å². The number of carbonyl (C=O) groups is 1. The predicted octanol–water partition coefficient (Wildman–Crippen LogP) is 7.57. The van der Waals surface area contributed by atoms with Crippen molar-refractivity contribution in [3.8, 4) is 0 Å². The van der Waals surface area contributed by atoms with Crippen LogP contribution in [0.3, 0.4) is 0 Å². The van der Waals surface area contributed by atoms with Gasteiger partial charge in [0.05, 0.1) is 22.0 Å². The number of fused-ring (bicyclic) bond motifs is 1. The maximum atomic E-state index is 12.3. The fourth-order valence-corrected chi connectivity index (χ4v) is 8.84. The van der Waals surface area contributed by atoms with Crippen LogP contribution in [0.4, 0.5) is 17.1 Å². The molecule has 43 heavy (non-hydrogen) atoms. The number of rotatable bonds is 12. The number of nitro benzene ring substituents is 2. The number of aliphatic carboxylic acids is 1. The van der Waals surface area contributed by atoms with Crippen LogP contribution in [0.5, 0.6) is 0 Å². The molecule has 4 rings (SSSR count). The Morgan fingerprint density at radius 2 is 1.81 bits per heavy atom. The van der Waals surface area contributed by atoms with Crippen molar-refractivity contribution < 1.29 is 24.9 Å². The van der Waals surface area contributed by atoms with Gasteiger partial charge >= 0.3 is 11.7 Å². The van der Waals surface area contributed by atoms with Crippen LogP contribution in [0.15, 0.2) is 23.3 Å². The van der Waals surface area contributed by atoms with Crippen LogP contribution in [0.1, 0.15) is 105 Å². The van der Waals surface area contributed by atoms with Gasteiger partial charge in [0.1, 0.15) is 5.69 Å². The molecule has 3 aliphatic rings. The van der Waals surface area contributed by atoms with Crippen LogP contribution in [0, 0.1) is 60.6 Å². The Hall–Kier alpha value is -3.08. The van der Waals surface area contributed by atoms with E-state index in [0.29, 0.717) is 36.3 Å². The lowest BCUT2D eigenvalue weighted by atomic mass is 9.50. The minimum atomic E-state index is -0.794. The van der Waals surface area contributed by atoms with Gasteiger partial charge in [-0.3, -0.25) is 30.4 Å². The number of carboxylic acid groups (broad SMARTS) is 1. The lowest BCUT2D eigenvalue weighted by Gasteiger charge is -2.55. The molecule has 0 saturated heterocycles. The van der Waals surface area contributed by atoms with Gasteiger partial charge in [0.2, 0.25) is 0 Å². The van der Waals surface area contributed by atoms with E-state index in [4.69, 9.17) is 0 Å². The number of anilines is 1. The Kier molecular flexibility index (Phi) is 10.1. The number of hydrogen-bond donors (Lipinski definition) is 3. The van der Waals surface area contributed by atoms with Crippen LogP contribution in [0.2, 0.25) is 0 Å². The molecule has 3 unspecified atom stereocenters. The Morgan fingerprint density at radius 3 is 2.47 bits per heavy atom. The van der Waals surface area contributed by atoms with E-state index in [1.807, 2.05) is 0 Å². The number of nitrogens with one attached hydrogen (secondary N) is 1. The second kappa shape index (κ2) is 13.3. The third-order valence-electron chi connectivity index (χ3n) is 11.2. The first-order valence-corrected chi connectivity index (χ1v) is 15.9. The maximum absolute atomic E-state index is 12.3. The quantitative estimate of drug-likeness (QED) is 0.125. The van der Waals surface area contributed by atoms with E-state index >= 15 is 0 Å². The van der Waals surface area contributed by atoms with Crippen LogP contribution in [0.25, 0.3) is 0 Å². The number of unbranched alkanes of at least 4 members (excludes halogenated alkanes) is 1. The first-order chi connectivity index (χ1) is 20.3. The van der Waals surface area contributed by atoms with Gasteiger partial charge in [0.15, 0.2) is 0 Å². The molecule has 0 aromatic heterocycles. The number of hydrogen-bond acceptors (Lipinski definition) is 8. The Morgan fingerprint density at radius 1 is 1.07 bits per heavy atom. The molecule has 7 atom stereocenters. The Balaban J connectivity index is 1.62. The lowest BCUT2D eigenvalue weighted by Crippen LogP contribution is -2.52. The summed E-state index contributed by atoms with van der Waals surface area (Å²) >= 11 is 0. The molecule has 11 nitrogen and oxygen atoms in total. The van der Waals surface area contributed by atoms with Gasteiger partial charge in [0.25, 0.3) is 5.69 Å². The van der Waals surface area contributed by atoms with E-state index in [0.717, 1.165) is 31.7 Å². The fraction of sp³-hybridized carbons (Fsp3) is 0.750. The van der Waals surface area contributed by atoms with Gasteiger partial charge in [0, 0.05) is 30.0 Å². The van der Waals surface area contributed by atoms with Crippen molar-refractivity contribution in [2.45, 2.75) is 111 Å². The summed E-state index contributed by atoms with van der Waals surface area (Å²) in [6, 6.07) is 3.37. The largest absolute Gasteiger partial charge is 0.481 e. The molecule has 238 valence electrons. The molecule has 3 fully saturated rings. The fourth-order valence-electron chi connectivity index (χ4n) is 8.84. The summed E-state index contributed by atoms with van der Waals surface area (Å²) in [7, 11) is 0. The van der Waals surface area contributed by atoms with Gasteiger partial charge in [-0.25, -0.2) is 0 Å². The minimum absolute atomic E-state index is 0.0277. The summed E-state index contributed by atoms with van der Waals surface area (Å²) in [6.07, 6.45) is 9.90. The summed E-state index contributed by atoms with van der Waals surface area (Å²) in [5.41, 5.74) is 2.25. The van der Waals surface area contributed by atoms with E-state index in [9.17, 15) is 35.2 Å². The molecule has 0 radical (unpaired) electrons. The molecule has 3 saturated carbocycles. The number of aliphatic hydroxyl groups is 1. The highest BCUT2D eigenvalue weighted by Crippen LogP contribution is 2.64. The van der Waals surface area contributed by atoms with Crippen molar-refractivity contribution in [2.75, 3.05) is 5.43 Å². The number of hydrazone groups is 1. The number of nitrogens with zero attached hydrogens (tertiary/aromatic N) is 3. The highest BCUT2D eigenvalue weighted by atomic mass is 16.6. The van der Waals surface area contributed by atoms with Gasteiger partial charge in [-0.1, -0.05) is 47.0 Å².